The molecule has 49 heavy (non-hydrogen) atoms. The lowest BCUT2D eigenvalue weighted by Gasteiger charge is -2.44. The molecule has 1 aliphatic heterocycles. The van der Waals surface area contributed by atoms with Crippen LogP contribution in [0.3, 0.4) is 0 Å². The molecule has 3 aromatic rings. The Morgan fingerprint density at radius 2 is 1.55 bits per heavy atom. The van der Waals surface area contributed by atoms with Crippen LogP contribution in [-0.2, 0) is 6.18 Å². The van der Waals surface area contributed by atoms with Crippen molar-refractivity contribution in [3.05, 3.63) is 81.0 Å². The number of amides is 2. The highest BCUT2D eigenvalue weighted by Gasteiger charge is 2.37. The highest BCUT2D eigenvalue weighted by atomic mass is 19.4. The van der Waals surface area contributed by atoms with E-state index < -0.39 is 57.7 Å². The van der Waals surface area contributed by atoms with Crippen molar-refractivity contribution in [1.82, 2.24) is 15.2 Å². The molecular weight excluding hydrogens is 652 g/mol. The maximum absolute atomic E-state index is 15.9. The van der Waals surface area contributed by atoms with Gasteiger partial charge in [-0.2, -0.15) is 13.2 Å². The predicted octanol–water partition coefficient (Wildman–Crippen LogP) is 6.96. The first-order valence-electron chi connectivity index (χ1n) is 16.1. The minimum absolute atomic E-state index is 0.0351. The average molecular weight is 692 g/mol. The van der Waals surface area contributed by atoms with Crippen molar-refractivity contribution in [2.24, 2.45) is 5.41 Å². The Labute approximate surface area is 279 Å². The molecule has 3 atom stereocenters. The van der Waals surface area contributed by atoms with Crippen molar-refractivity contribution >= 4 is 23.2 Å². The van der Waals surface area contributed by atoms with Gasteiger partial charge >= 0.3 is 6.18 Å². The zero-order valence-corrected chi connectivity index (χ0v) is 27.8. The Hall–Kier alpha value is -4.33. The third kappa shape index (κ3) is 7.48. The molecule has 0 radical (unpaired) electrons. The Balaban J connectivity index is 1.56. The number of anilines is 2. The summed E-state index contributed by atoms with van der Waals surface area (Å²) in [4.78, 5) is 44.0. The number of halogens is 6. The molecule has 0 bridgehead atoms. The lowest BCUT2D eigenvalue weighted by Crippen LogP contribution is -2.55. The minimum Gasteiger partial charge on any atom is -0.367 e. The van der Waals surface area contributed by atoms with Gasteiger partial charge in [-0.1, -0.05) is 26.7 Å². The third-order valence-electron chi connectivity index (χ3n) is 9.90. The molecule has 1 saturated carbocycles. The Morgan fingerprint density at radius 1 is 0.918 bits per heavy atom. The number of carbonyl (C=O) groups excluding carboxylic acids is 2. The van der Waals surface area contributed by atoms with E-state index in [0.29, 0.717) is 25.7 Å². The molecule has 2 aromatic carbocycles. The topological polar surface area (TPSA) is 97.5 Å². The number of nitrogens with zero attached hydrogens (tertiary/aromatic N) is 2. The van der Waals surface area contributed by atoms with E-state index in [0.717, 1.165) is 43.5 Å². The summed E-state index contributed by atoms with van der Waals surface area (Å²) in [5.74, 6) is -5.59. The van der Waals surface area contributed by atoms with Crippen LogP contribution in [0.2, 0.25) is 0 Å². The highest BCUT2D eigenvalue weighted by Crippen LogP contribution is 2.39. The van der Waals surface area contributed by atoms with Crippen molar-refractivity contribution in [2.45, 2.75) is 77.7 Å². The summed E-state index contributed by atoms with van der Waals surface area (Å²) in [6.45, 7) is 8.53. The molecule has 2 heterocycles. The van der Waals surface area contributed by atoms with Crippen LogP contribution in [0.1, 0.15) is 79.7 Å². The van der Waals surface area contributed by atoms with Gasteiger partial charge in [-0.05, 0) is 69.0 Å². The fraction of sp³-hybridized carbons (Fsp3) is 0.457. The van der Waals surface area contributed by atoms with Crippen LogP contribution >= 0.6 is 0 Å². The van der Waals surface area contributed by atoms with E-state index in [-0.39, 0.29) is 52.1 Å². The predicted molar refractivity (Wildman–Crippen MR) is 174 cm³/mol. The Morgan fingerprint density at radius 3 is 2.14 bits per heavy atom. The fourth-order valence-corrected chi connectivity index (χ4v) is 6.77. The van der Waals surface area contributed by atoms with Gasteiger partial charge in [0.25, 0.3) is 11.8 Å². The number of likely N-dealkylation sites (N-methyl/N-ethyl adjacent to an activating group) is 1. The lowest BCUT2D eigenvalue weighted by molar-refractivity contribution is -0.138. The maximum atomic E-state index is 15.9. The van der Waals surface area contributed by atoms with Crippen LogP contribution in [0.5, 0.6) is 0 Å². The largest absolute Gasteiger partial charge is 0.417 e. The van der Waals surface area contributed by atoms with Crippen LogP contribution < -0.4 is 21.1 Å². The molecule has 2 amide bonds. The molecule has 2 fully saturated rings. The summed E-state index contributed by atoms with van der Waals surface area (Å²) in [5.41, 5.74) is -5.22. The number of rotatable bonds is 6. The number of H-pyrrole nitrogens is 1. The molecule has 3 N–H and O–H groups in total. The quantitative estimate of drug-likeness (QED) is 0.243. The molecule has 1 unspecified atom stereocenters. The summed E-state index contributed by atoms with van der Waals surface area (Å²) in [7, 11) is 1.91. The van der Waals surface area contributed by atoms with Crippen molar-refractivity contribution in [3.8, 4) is 11.1 Å². The molecule has 2 aliphatic rings. The molecule has 8 nitrogen and oxygen atoms in total. The second-order valence-corrected chi connectivity index (χ2v) is 13.8. The van der Waals surface area contributed by atoms with Crippen LogP contribution in [0, 0.1) is 22.9 Å². The van der Waals surface area contributed by atoms with Gasteiger partial charge in [0.15, 0.2) is 0 Å². The van der Waals surface area contributed by atoms with Gasteiger partial charge in [0.05, 0.1) is 22.5 Å². The molecular formula is C35H39F6N5O3. The SMILES string of the molecule is C[C@@H]1CN(c2cc(F)c(-c3cc(F)c(C(=O)NC4CCCCC4(C)C)c(F)c3)cc2NC(=O)c2c[nH]c(=O)cc2C(F)(F)F)C[C@H](C)N1C. The van der Waals surface area contributed by atoms with Gasteiger partial charge in [-0.25, -0.2) is 13.2 Å². The summed E-state index contributed by atoms with van der Waals surface area (Å²) in [6.07, 6.45) is -1.09. The number of hydrogen-bond donors (Lipinski definition) is 3. The van der Waals surface area contributed by atoms with Crippen molar-refractivity contribution in [3.63, 3.8) is 0 Å². The number of hydrogen-bond acceptors (Lipinski definition) is 5. The fourth-order valence-electron chi connectivity index (χ4n) is 6.77. The molecule has 264 valence electrons. The smallest absolute Gasteiger partial charge is 0.367 e. The van der Waals surface area contributed by atoms with Gasteiger partial charge in [0, 0.05) is 49.0 Å². The standard InChI is InChI=1S/C35H39F6N5O3/c1-18-16-46(17-19(2)45(18)5)28-14-24(36)21(12-27(28)43-32(48)22-15-42-30(47)13-23(22)35(39,40)41)20-10-25(37)31(26(38)11-20)33(49)44-29-8-6-7-9-34(29,3)4/h10-15,18-19,29H,6-9,16-17H2,1-5H3,(H,42,47)(H,43,48)(H,44,49)/t18-,19+,29?. The second kappa shape index (κ2) is 13.5. The van der Waals surface area contributed by atoms with Crippen LogP contribution in [0.15, 0.2) is 41.3 Å². The molecule has 1 saturated heterocycles. The molecule has 1 aromatic heterocycles. The van der Waals surface area contributed by atoms with E-state index in [1.807, 2.05) is 34.7 Å². The first-order valence-corrected chi connectivity index (χ1v) is 16.1. The zero-order chi connectivity index (χ0) is 36.0. The van der Waals surface area contributed by atoms with E-state index >= 15 is 13.2 Å². The average Bonchev–Trinajstić information content (AvgIpc) is 3.00. The maximum Gasteiger partial charge on any atom is 0.417 e. The molecule has 1 aliphatic carbocycles. The number of pyridine rings is 1. The van der Waals surface area contributed by atoms with Crippen molar-refractivity contribution in [1.29, 1.82) is 0 Å². The monoisotopic (exact) mass is 691 g/mol. The Kier molecular flexibility index (Phi) is 9.93. The number of aromatic amines is 1. The number of alkyl halides is 3. The van der Waals surface area contributed by atoms with Crippen LogP contribution in [0.4, 0.5) is 37.7 Å². The van der Waals surface area contributed by atoms with E-state index in [1.54, 1.807) is 4.90 Å². The number of nitrogens with one attached hydrogen (secondary N) is 3. The Bertz CT molecular complexity index is 1790. The number of carbonyl (C=O) groups is 2. The van der Waals surface area contributed by atoms with E-state index in [1.165, 1.54) is 0 Å². The first kappa shape index (κ1) is 36.0. The van der Waals surface area contributed by atoms with Crippen LogP contribution in [-0.4, -0.2) is 60.0 Å². The summed E-state index contributed by atoms with van der Waals surface area (Å²) in [5, 5.41) is 5.16. The van der Waals surface area contributed by atoms with E-state index in [9.17, 15) is 27.6 Å². The molecule has 5 rings (SSSR count). The van der Waals surface area contributed by atoms with Gasteiger partial charge in [0.1, 0.15) is 23.0 Å². The molecule has 0 spiro atoms. The summed E-state index contributed by atoms with van der Waals surface area (Å²) < 4.78 is 88.3. The van der Waals surface area contributed by atoms with Crippen molar-refractivity contribution < 1.29 is 35.9 Å². The number of benzene rings is 2. The third-order valence-corrected chi connectivity index (χ3v) is 9.90. The molecule has 14 heteroatoms. The lowest BCUT2D eigenvalue weighted by atomic mass is 9.73. The van der Waals surface area contributed by atoms with Crippen molar-refractivity contribution in [2.75, 3.05) is 30.4 Å². The van der Waals surface area contributed by atoms with Gasteiger partial charge in [-0.3, -0.25) is 19.3 Å². The summed E-state index contributed by atoms with van der Waals surface area (Å²) in [6, 6.07) is 3.63. The van der Waals surface area contributed by atoms with Gasteiger partial charge < -0.3 is 20.5 Å². The number of piperazine rings is 1. The first-order chi connectivity index (χ1) is 22.9. The van der Waals surface area contributed by atoms with E-state index in [2.05, 4.69) is 20.5 Å². The normalized spacial score (nSPS) is 21.4. The summed E-state index contributed by atoms with van der Waals surface area (Å²) >= 11 is 0. The van der Waals surface area contributed by atoms with Crippen LogP contribution in [0.25, 0.3) is 11.1 Å². The van der Waals surface area contributed by atoms with Gasteiger partial charge in [0.2, 0.25) is 5.56 Å². The highest BCUT2D eigenvalue weighted by molar-refractivity contribution is 6.07. The van der Waals surface area contributed by atoms with Gasteiger partial charge in [-0.15, -0.1) is 0 Å². The zero-order valence-electron chi connectivity index (χ0n) is 27.8. The minimum atomic E-state index is -5.05. The second-order valence-electron chi connectivity index (χ2n) is 13.8. The number of aromatic nitrogens is 1. The van der Waals surface area contributed by atoms with E-state index in [4.69, 9.17) is 0 Å².